The van der Waals surface area contributed by atoms with Gasteiger partial charge in [0.2, 0.25) is 0 Å². The maximum absolute atomic E-state index is 6.14. The number of likely N-dealkylation sites (N-methyl/N-ethyl adjacent to an activating group) is 1. The molecule has 100 valence electrons. The van der Waals surface area contributed by atoms with E-state index in [9.17, 15) is 0 Å². The average Bonchev–Trinajstić information content (AvgIpc) is 2.35. The summed E-state index contributed by atoms with van der Waals surface area (Å²) in [5.41, 5.74) is 2.37. The van der Waals surface area contributed by atoms with Crippen molar-refractivity contribution in [3.8, 4) is 0 Å². The molecule has 1 N–H and O–H groups in total. The molecule has 1 fully saturated rings. The van der Waals surface area contributed by atoms with Crippen molar-refractivity contribution in [3.05, 3.63) is 34.3 Å². The van der Waals surface area contributed by atoms with E-state index in [-0.39, 0.29) is 0 Å². The molecule has 3 nitrogen and oxygen atoms in total. The number of benzene rings is 1. The maximum atomic E-state index is 6.14. The molecule has 1 saturated heterocycles. The summed E-state index contributed by atoms with van der Waals surface area (Å²) in [6.07, 6.45) is 0.296. The Morgan fingerprint density at radius 1 is 1.50 bits per heavy atom. The van der Waals surface area contributed by atoms with Crippen LogP contribution in [0.3, 0.4) is 0 Å². The number of ether oxygens (including phenoxy) is 1. The lowest BCUT2D eigenvalue weighted by Gasteiger charge is -2.28. The van der Waals surface area contributed by atoms with Gasteiger partial charge in [-0.05, 0) is 31.2 Å². The number of aryl methyl sites for hydroxylation is 1. The SMILES string of the molecule is Cc1ccc(CN(C)CC2CNCCO2)cc1Cl. The van der Waals surface area contributed by atoms with Gasteiger partial charge in [-0.3, -0.25) is 4.90 Å². The van der Waals surface area contributed by atoms with Crippen LogP contribution in [-0.2, 0) is 11.3 Å². The second kappa shape index (κ2) is 6.53. The second-order valence-corrected chi connectivity index (χ2v) is 5.38. The first-order valence-corrected chi connectivity index (χ1v) is 6.79. The lowest BCUT2D eigenvalue weighted by atomic mass is 10.1. The quantitative estimate of drug-likeness (QED) is 0.905. The van der Waals surface area contributed by atoms with E-state index >= 15 is 0 Å². The molecule has 0 bridgehead atoms. The molecular formula is C14H21ClN2O. The Balaban J connectivity index is 1.85. The number of nitrogens with zero attached hydrogens (tertiary/aromatic N) is 1. The first-order chi connectivity index (χ1) is 8.65. The zero-order chi connectivity index (χ0) is 13.0. The minimum absolute atomic E-state index is 0.296. The molecule has 0 aliphatic carbocycles. The number of rotatable bonds is 4. The molecule has 1 aromatic rings. The van der Waals surface area contributed by atoms with Crippen LogP contribution >= 0.6 is 11.6 Å². The third kappa shape index (κ3) is 3.95. The summed E-state index contributed by atoms with van der Waals surface area (Å²) >= 11 is 6.14. The summed E-state index contributed by atoms with van der Waals surface area (Å²) in [5.74, 6) is 0. The number of halogens is 1. The minimum atomic E-state index is 0.296. The predicted molar refractivity (Wildman–Crippen MR) is 75.1 cm³/mol. The van der Waals surface area contributed by atoms with Gasteiger partial charge in [0, 0.05) is 31.2 Å². The van der Waals surface area contributed by atoms with Crippen LogP contribution < -0.4 is 5.32 Å². The smallest absolute Gasteiger partial charge is 0.0826 e. The van der Waals surface area contributed by atoms with Crippen LogP contribution in [0, 0.1) is 6.92 Å². The van der Waals surface area contributed by atoms with Gasteiger partial charge in [-0.25, -0.2) is 0 Å². The number of hydrogen-bond acceptors (Lipinski definition) is 3. The zero-order valence-corrected chi connectivity index (χ0v) is 11.8. The maximum Gasteiger partial charge on any atom is 0.0826 e. The molecule has 0 spiro atoms. The summed E-state index contributed by atoms with van der Waals surface area (Å²) in [7, 11) is 2.12. The van der Waals surface area contributed by atoms with Gasteiger partial charge in [0.05, 0.1) is 12.7 Å². The molecule has 2 rings (SSSR count). The number of morpholine rings is 1. The molecule has 0 aromatic heterocycles. The van der Waals surface area contributed by atoms with E-state index in [4.69, 9.17) is 16.3 Å². The lowest BCUT2D eigenvalue weighted by molar-refractivity contribution is 0.00885. The minimum Gasteiger partial charge on any atom is -0.374 e. The molecule has 0 saturated carbocycles. The van der Waals surface area contributed by atoms with Crippen molar-refractivity contribution in [1.29, 1.82) is 0 Å². The molecule has 1 aromatic carbocycles. The molecule has 0 amide bonds. The molecule has 1 atom stereocenters. The van der Waals surface area contributed by atoms with Crippen molar-refractivity contribution in [2.45, 2.75) is 19.6 Å². The average molecular weight is 269 g/mol. The fraction of sp³-hybridized carbons (Fsp3) is 0.571. The van der Waals surface area contributed by atoms with Gasteiger partial charge in [0.1, 0.15) is 0 Å². The monoisotopic (exact) mass is 268 g/mol. The molecule has 1 aliphatic rings. The third-order valence-electron chi connectivity index (χ3n) is 3.21. The number of hydrogen-bond donors (Lipinski definition) is 1. The van der Waals surface area contributed by atoms with Crippen LogP contribution in [0.5, 0.6) is 0 Å². The topological polar surface area (TPSA) is 24.5 Å². The van der Waals surface area contributed by atoms with E-state index in [1.165, 1.54) is 5.56 Å². The fourth-order valence-corrected chi connectivity index (χ4v) is 2.40. The Morgan fingerprint density at radius 2 is 2.33 bits per heavy atom. The van der Waals surface area contributed by atoms with Crippen molar-refractivity contribution in [1.82, 2.24) is 10.2 Å². The normalized spacial score (nSPS) is 20.3. The highest BCUT2D eigenvalue weighted by atomic mass is 35.5. The third-order valence-corrected chi connectivity index (χ3v) is 3.62. The van der Waals surface area contributed by atoms with Crippen molar-refractivity contribution < 1.29 is 4.74 Å². The first kappa shape index (κ1) is 13.8. The van der Waals surface area contributed by atoms with Gasteiger partial charge in [0.25, 0.3) is 0 Å². The van der Waals surface area contributed by atoms with Crippen molar-refractivity contribution in [3.63, 3.8) is 0 Å². The van der Waals surface area contributed by atoms with Gasteiger partial charge in [-0.2, -0.15) is 0 Å². The van der Waals surface area contributed by atoms with Crippen LogP contribution in [0.25, 0.3) is 0 Å². The zero-order valence-electron chi connectivity index (χ0n) is 11.1. The summed E-state index contributed by atoms with van der Waals surface area (Å²) < 4.78 is 5.70. The Hall–Kier alpha value is -0.610. The van der Waals surface area contributed by atoms with E-state index in [2.05, 4.69) is 29.4 Å². The Bertz CT molecular complexity index is 391. The standard InChI is InChI=1S/C14H21ClN2O/c1-11-3-4-12(7-14(11)15)9-17(2)10-13-8-16-5-6-18-13/h3-4,7,13,16H,5-6,8-10H2,1-2H3. The van der Waals surface area contributed by atoms with Gasteiger partial charge in [0.15, 0.2) is 0 Å². The molecule has 4 heteroatoms. The molecule has 18 heavy (non-hydrogen) atoms. The lowest BCUT2D eigenvalue weighted by Crippen LogP contribution is -2.44. The van der Waals surface area contributed by atoms with Gasteiger partial charge < -0.3 is 10.1 Å². The Kier molecular flexibility index (Phi) is 5.01. The van der Waals surface area contributed by atoms with Crippen LogP contribution in [0.4, 0.5) is 0 Å². The van der Waals surface area contributed by atoms with Crippen molar-refractivity contribution in [2.75, 3.05) is 33.3 Å². The van der Waals surface area contributed by atoms with Crippen molar-refractivity contribution in [2.24, 2.45) is 0 Å². The summed E-state index contributed by atoms with van der Waals surface area (Å²) in [6, 6.07) is 6.26. The molecule has 1 heterocycles. The summed E-state index contributed by atoms with van der Waals surface area (Å²) in [5, 5.41) is 4.19. The van der Waals surface area contributed by atoms with Crippen LogP contribution in [0.2, 0.25) is 5.02 Å². The highest BCUT2D eigenvalue weighted by Crippen LogP contribution is 2.17. The number of nitrogens with one attached hydrogen (secondary N) is 1. The fourth-order valence-electron chi connectivity index (χ4n) is 2.20. The van der Waals surface area contributed by atoms with E-state index < -0.39 is 0 Å². The van der Waals surface area contributed by atoms with Crippen LogP contribution in [0.15, 0.2) is 18.2 Å². The molecular weight excluding hydrogens is 248 g/mol. The molecule has 0 radical (unpaired) electrons. The van der Waals surface area contributed by atoms with Crippen molar-refractivity contribution >= 4 is 11.6 Å². The molecule has 1 aliphatic heterocycles. The Morgan fingerprint density at radius 3 is 3.00 bits per heavy atom. The summed E-state index contributed by atoms with van der Waals surface area (Å²) in [6.45, 7) is 6.59. The van der Waals surface area contributed by atoms with Gasteiger partial charge in [-0.15, -0.1) is 0 Å². The second-order valence-electron chi connectivity index (χ2n) is 4.98. The summed E-state index contributed by atoms with van der Waals surface area (Å²) in [4.78, 5) is 2.28. The van der Waals surface area contributed by atoms with E-state index in [0.29, 0.717) is 6.10 Å². The highest BCUT2D eigenvalue weighted by molar-refractivity contribution is 6.31. The van der Waals surface area contributed by atoms with Crippen LogP contribution in [-0.4, -0.2) is 44.3 Å². The van der Waals surface area contributed by atoms with Crippen LogP contribution in [0.1, 0.15) is 11.1 Å². The Labute approximate surface area is 114 Å². The van der Waals surface area contributed by atoms with E-state index in [0.717, 1.165) is 43.4 Å². The van der Waals surface area contributed by atoms with E-state index in [1.807, 2.05) is 13.0 Å². The van der Waals surface area contributed by atoms with Gasteiger partial charge >= 0.3 is 0 Å². The van der Waals surface area contributed by atoms with E-state index in [1.54, 1.807) is 0 Å². The largest absolute Gasteiger partial charge is 0.374 e. The van der Waals surface area contributed by atoms with Gasteiger partial charge in [-0.1, -0.05) is 23.7 Å². The first-order valence-electron chi connectivity index (χ1n) is 6.41. The predicted octanol–water partition coefficient (Wildman–Crippen LogP) is 2.07. The molecule has 1 unspecified atom stereocenters. The highest BCUT2D eigenvalue weighted by Gasteiger charge is 2.15.